The second-order valence-electron chi connectivity index (χ2n) is 4.77. The van der Waals surface area contributed by atoms with Crippen LogP contribution in [0.15, 0.2) is 0 Å². The molecule has 1 fully saturated rings. The van der Waals surface area contributed by atoms with E-state index in [0.29, 0.717) is 12.5 Å². The van der Waals surface area contributed by atoms with Gasteiger partial charge in [0.05, 0.1) is 18.6 Å². The summed E-state index contributed by atoms with van der Waals surface area (Å²) in [6.45, 7) is 5.40. The van der Waals surface area contributed by atoms with Gasteiger partial charge in [-0.05, 0) is 18.8 Å². The lowest BCUT2D eigenvalue weighted by atomic mass is 10.0. The molecule has 4 nitrogen and oxygen atoms in total. The molecule has 0 bridgehead atoms. The summed E-state index contributed by atoms with van der Waals surface area (Å²) in [5, 5.41) is 9.31. The maximum absolute atomic E-state index is 12.2. The first-order chi connectivity index (χ1) is 7.65. The first-order valence-electron chi connectivity index (χ1n) is 6.27. The number of nitrogens with two attached hydrogens (primary N) is 1. The molecule has 1 heterocycles. The Labute approximate surface area is 97.8 Å². The molecule has 0 saturated carbocycles. The smallest absolute Gasteiger partial charge is 0.227 e. The second kappa shape index (κ2) is 6.21. The molecule has 0 aromatic rings. The summed E-state index contributed by atoms with van der Waals surface area (Å²) in [4.78, 5) is 14.0. The number of aliphatic hydroxyl groups is 1. The standard InChI is InChI=1S/C12H24N2O2/c1-3-4-10(7-13)12(16)14-6-5-9(2)11(14)8-15/h9-11,15H,3-8,13H2,1-2H3. The van der Waals surface area contributed by atoms with Gasteiger partial charge in [0.1, 0.15) is 0 Å². The van der Waals surface area contributed by atoms with Gasteiger partial charge in [-0.3, -0.25) is 4.79 Å². The van der Waals surface area contributed by atoms with Crippen molar-refractivity contribution >= 4 is 5.91 Å². The molecular formula is C12H24N2O2. The number of likely N-dealkylation sites (tertiary alicyclic amines) is 1. The lowest BCUT2D eigenvalue weighted by Crippen LogP contribution is -2.44. The van der Waals surface area contributed by atoms with Crippen molar-refractivity contribution in [1.29, 1.82) is 0 Å². The summed E-state index contributed by atoms with van der Waals surface area (Å²) in [6.07, 6.45) is 2.81. The molecule has 1 aliphatic rings. The van der Waals surface area contributed by atoms with Crippen molar-refractivity contribution in [2.75, 3.05) is 19.7 Å². The van der Waals surface area contributed by atoms with E-state index in [-0.39, 0.29) is 24.5 Å². The van der Waals surface area contributed by atoms with E-state index in [1.165, 1.54) is 0 Å². The zero-order chi connectivity index (χ0) is 12.1. The van der Waals surface area contributed by atoms with E-state index < -0.39 is 0 Å². The zero-order valence-electron chi connectivity index (χ0n) is 10.4. The lowest BCUT2D eigenvalue weighted by Gasteiger charge is -2.28. The van der Waals surface area contributed by atoms with E-state index in [1.807, 2.05) is 4.90 Å². The van der Waals surface area contributed by atoms with Gasteiger partial charge in [-0.15, -0.1) is 0 Å². The number of carbonyl (C=O) groups excluding carboxylic acids is 1. The van der Waals surface area contributed by atoms with Gasteiger partial charge in [0.15, 0.2) is 0 Å². The minimum Gasteiger partial charge on any atom is -0.394 e. The molecule has 1 saturated heterocycles. The SMILES string of the molecule is CCCC(CN)C(=O)N1CCC(C)C1CO. The van der Waals surface area contributed by atoms with Crippen LogP contribution in [0.2, 0.25) is 0 Å². The fourth-order valence-electron chi connectivity index (χ4n) is 2.49. The maximum Gasteiger partial charge on any atom is 0.227 e. The van der Waals surface area contributed by atoms with Crippen molar-refractivity contribution in [1.82, 2.24) is 4.90 Å². The number of aliphatic hydroxyl groups excluding tert-OH is 1. The van der Waals surface area contributed by atoms with E-state index >= 15 is 0 Å². The van der Waals surface area contributed by atoms with Gasteiger partial charge in [-0.25, -0.2) is 0 Å². The van der Waals surface area contributed by atoms with Crippen LogP contribution in [-0.4, -0.2) is 41.7 Å². The van der Waals surface area contributed by atoms with E-state index in [2.05, 4.69) is 13.8 Å². The summed E-state index contributed by atoms with van der Waals surface area (Å²) in [5.41, 5.74) is 5.64. The molecule has 1 amide bonds. The average Bonchev–Trinajstić information content (AvgIpc) is 2.66. The van der Waals surface area contributed by atoms with Crippen molar-refractivity contribution in [3.05, 3.63) is 0 Å². The lowest BCUT2D eigenvalue weighted by molar-refractivity contribution is -0.137. The van der Waals surface area contributed by atoms with Gasteiger partial charge in [0.2, 0.25) is 5.91 Å². The highest BCUT2D eigenvalue weighted by Crippen LogP contribution is 2.25. The van der Waals surface area contributed by atoms with E-state index in [9.17, 15) is 9.90 Å². The normalized spacial score (nSPS) is 27.1. The van der Waals surface area contributed by atoms with Crippen LogP contribution in [0.5, 0.6) is 0 Å². The molecule has 4 heteroatoms. The quantitative estimate of drug-likeness (QED) is 0.724. The molecule has 16 heavy (non-hydrogen) atoms. The topological polar surface area (TPSA) is 66.6 Å². The van der Waals surface area contributed by atoms with Crippen LogP contribution in [0, 0.1) is 11.8 Å². The molecule has 0 spiro atoms. The highest BCUT2D eigenvalue weighted by molar-refractivity contribution is 5.79. The van der Waals surface area contributed by atoms with E-state index in [0.717, 1.165) is 25.8 Å². The Bertz CT molecular complexity index is 233. The molecule has 3 N–H and O–H groups in total. The van der Waals surface area contributed by atoms with Crippen LogP contribution < -0.4 is 5.73 Å². The van der Waals surface area contributed by atoms with Gasteiger partial charge in [-0.2, -0.15) is 0 Å². The van der Waals surface area contributed by atoms with Crippen LogP contribution in [0.4, 0.5) is 0 Å². The van der Waals surface area contributed by atoms with Crippen LogP contribution in [0.25, 0.3) is 0 Å². The number of rotatable bonds is 5. The van der Waals surface area contributed by atoms with Crippen LogP contribution in [-0.2, 0) is 4.79 Å². The number of hydrogen-bond acceptors (Lipinski definition) is 3. The Hall–Kier alpha value is -0.610. The minimum atomic E-state index is -0.0654. The van der Waals surface area contributed by atoms with Crippen molar-refractivity contribution in [3.63, 3.8) is 0 Å². The second-order valence-corrected chi connectivity index (χ2v) is 4.77. The molecule has 3 unspecified atom stereocenters. The van der Waals surface area contributed by atoms with Crippen LogP contribution in [0.3, 0.4) is 0 Å². The van der Waals surface area contributed by atoms with Crippen molar-refractivity contribution < 1.29 is 9.90 Å². The minimum absolute atomic E-state index is 0.00148. The predicted octanol–water partition coefficient (Wildman–Crippen LogP) is 0.591. The Kier molecular flexibility index (Phi) is 5.22. The number of carbonyl (C=O) groups is 1. The molecule has 1 rings (SSSR count). The van der Waals surface area contributed by atoms with Gasteiger partial charge < -0.3 is 15.7 Å². The molecule has 3 atom stereocenters. The van der Waals surface area contributed by atoms with Gasteiger partial charge in [-0.1, -0.05) is 20.3 Å². The van der Waals surface area contributed by atoms with Crippen LogP contribution in [0.1, 0.15) is 33.1 Å². The molecule has 0 aromatic carbocycles. The van der Waals surface area contributed by atoms with E-state index in [1.54, 1.807) is 0 Å². The fraction of sp³-hybridized carbons (Fsp3) is 0.917. The highest BCUT2D eigenvalue weighted by atomic mass is 16.3. The van der Waals surface area contributed by atoms with E-state index in [4.69, 9.17) is 5.73 Å². The summed E-state index contributed by atoms with van der Waals surface area (Å²) < 4.78 is 0. The molecule has 0 radical (unpaired) electrons. The Balaban J connectivity index is 2.65. The average molecular weight is 228 g/mol. The monoisotopic (exact) mass is 228 g/mol. The van der Waals surface area contributed by atoms with Gasteiger partial charge >= 0.3 is 0 Å². The largest absolute Gasteiger partial charge is 0.394 e. The summed E-state index contributed by atoms with van der Waals surface area (Å²) in [6, 6.07) is -0.00148. The van der Waals surface area contributed by atoms with Crippen molar-refractivity contribution in [3.8, 4) is 0 Å². The van der Waals surface area contributed by atoms with Crippen molar-refractivity contribution in [2.24, 2.45) is 17.6 Å². The third kappa shape index (κ3) is 2.74. The molecule has 0 aromatic heterocycles. The third-order valence-corrected chi connectivity index (χ3v) is 3.62. The predicted molar refractivity (Wildman–Crippen MR) is 63.8 cm³/mol. The molecular weight excluding hydrogens is 204 g/mol. The maximum atomic E-state index is 12.2. The third-order valence-electron chi connectivity index (χ3n) is 3.62. The number of nitrogens with zero attached hydrogens (tertiary/aromatic N) is 1. The highest BCUT2D eigenvalue weighted by Gasteiger charge is 2.35. The summed E-state index contributed by atoms with van der Waals surface area (Å²) in [5.74, 6) is 0.464. The summed E-state index contributed by atoms with van der Waals surface area (Å²) >= 11 is 0. The number of hydrogen-bond donors (Lipinski definition) is 2. The molecule has 1 aliphatic heterocycles. The fourth-order valence-corrected chi connectivity index (χ4v) is 2.49. The first-order valence-corrected chi connectivity index (χ1v) is 6.27. The first kappa shape index (κ1) is 13.5. The Morgan fingerprint density at radius 2 is 2.31 bits per heavy atom. The number of amides is 1. The van der Waals surface area contributed by atoms with Crippen molar-refractivity contribution in [2.45, 2.75) is 39.2 Å². The van der Waals surface area contributed by atoms with Gasteiger partial charge in [0, 0.05) is 13.1 Å². The van der Waals surface area contributed by atoms with Crippen LogP contribution >= 0.6 is 0 Å². The van der Waals surface area contributed by atoms with Gasteiger partial charge in [0.25, 0.3) is 0 Å². The zero-order valence-corrected chi connectivity index (χ0v) is 10.4. The molecule has 94 valence electrons. The molecule has 0 aliphatic carbocycles. The Morgan fingerprint density at radius 3 is 2.81 bits per heavy atom. The Morgan fingerprint density at radius 1 is 1.62 bits per heavy atom. The summed E-state index contributed by atoms with van der Waals surface area (Å²) in [7, 11) is 0.